The summed E-state index contributed by atoms with van der Waals surface area (Å²) < 4.78 is 1.12. The molecule has 0 aromatic heterocycles. The van der Waals surface area contributed by atoms with Crippen LogP contribution in [0.4, 0.5) is 0 Å². The summed E-state index contributed by atoms with van der Waals surface area (Å²) in [4.78, 5) is 2.41. The van der Waals surface area contributed by atoms with Crippen molar-refractivity contribution in [3.8, 4) is 0 Å². The van der Waals surface area contributed by atoms with Crippen molar-refractivity contribution in [2.45, 2.75) is 25.3 Å². The second-order valence-corrected chi connectivity index (χ2v) is 5.98. The molecule has 1 aliphatic rings. The molecule has 1 atom stereocenters. The zero-order valence-electron chi connectivity index (χ0n) is 10.4. The molecular formula is C14H21BrN2. The Balaban J connectivity index is 1.80. The normalized spacial score (nSPS) is 17.4. The van der Waals surface area contributed by atoms with Gasteiger partial charge in [-0.15, -0.1) is 0 Å². The fourth-order valence-corrected chi connectivity index (χ4v) is 2.70. The third-order valence-corrected chi connectivity index (χ3v) is 4.12. The van der Waals surface area contributed by atoms with Crippen LogP contribution in [0.2, 0.25) is 0 Å². The molecule has 0 heterocycles. The van der Waals surface area contributed by atoms with E-state index in [0.29, 0.717) is 0 Å². The van der Waals surface area contributed by atoms with E-state index in [1.165, 1.54) is 24.9 Å². The fourth-order valence-electron chi connectivity index (χ4n) is 2.12. The molecule has 2 rings (SSSR count). The zero-order valence-corrected chi connectivity index (χ0v) is 12.0. The van der Waals surface area contributed by atoms with E-state index in [1.54, 1.807) is 0 Å². The Morgan fingerprint density at radius 1 is 1.41 bits per heavy atom. The van der Waals surface area contributed by atoms with Crippen LogP contribution in [-0.2, 0) is 0 Å². The molecule has 0 spiro atoms. The lowest BCUT2D eigenvalue weighted by Gasteiger charge is -2.20. The molecule has 2 nitrogen and oxygen atoms in total. The van der Waals surface area contributed by atoms with E-state index in [9.17, 15) is 0 Å². The van der Waals surface area contributed by atoms with E-state index >= 15 is 0 Å². The van der Waals surface area contributed by atoms with Crippen molar-refractivity contribution in [3.05, 3.63) is 34.3 Å². The summed E-state index contributed by atoms with van der Waals surface area (Å²) in [5, 5.41) is 0. The first-order chi connectivity index (χ1) is 8.16. The number of hydrogen-bond acceptors (Lipinski definition) is 2. The molecule has 1 unspecified atom stereocenters. The maximum Gasteiger partial charge on any atom is 0.0318 e. The fraction of sp³-hybridized carbons (Fsp3) is 0.571. The van der Waals surface area contributed by atoms with Crippen LogP contribution in [0.5, 0.6) is 0 Å². The molecule has 0 bridgehead atoms. The number of nitrogens with two attached hydrogens (primary N) is 1. The topological polar surface area (TPSA) is 29.3 Å². The second-order valence-electron chi connectivity index (χ2n) is 5.12. The Labute approximate surface area is 112 Å². The third-order valence-electron chi connectivity index (χ3n) is 3.39. The van der Waals surface area contributed by atoms with Gasteiger partial charge in [0.05, 0.1) is 0 Å². The van der Waals surface area contributed by atoms with Crippen molar-refractivity contribution in [1.82, 2.24) is 4.90 Å². The smallest absolute Gasteiger partial charge is 0.0318 e. The van der Waals surface area contributed by atoms with Crippen molar-refractivity contribution >= 4 is 15.9 Å². The number of nitrogens with zero attached hydrogens (tertiary/aromatic N) is 1. The molecule has 0 amide bonds. The van der Waals surface area contributed by atoms with Crippen molar-refractivity contribution in [2.75, 3.05) is 20.1 Å². The van der Waals surface area contributed by atoms with Crippen LogP contribution in [0.3, 0.4) is 0 Å². The number of halogens is 1. The van der Waals surface area contributed by atoms with Gasteiger partial charge in [0.2, 0.25) is 0 Å². The molecule has 0 saturated heterocycles. The van der Waals surface area contributed by atoms with Gasteiger partial charge >= 0.3 is 0 Å². The first-order valence-corrected chi connectivity index (χ1v) is 7.14. The first kappa shape index (κ1) is 13.1. The average Bonchev–Trinajstić information content (AvgIpc) is 3.10. The highest BCUT2D eigenvalue weighted by Gasteiger charge is 2.22. The molecule has 94 valence electrons. The molecule has 17 heavy (non-hydrogen) atoms. The van der Waals surface area contributed by atoms with Gasteiger partial charge in [-0.1, -0.05) is 34.1 Å². The molecule has 1 aliphatic carbocycles. The molecule has 0 radical (unpaired) electrons. The largest absolute Gasteiger partial charge is 0.324 e. The van der Waals surface area contributed by atoms with Gasteiger partial charge in [-0.25, -0.2) is 0 Å². The van der Waals surface area contributed by atoms with E-state index in [-0.39, 0.29) is 6.04 Å². The monoisotopic (exact) mass is 296 g/mol. The van der Waals surface area contributed by atoms with Crippen LogP contribution in [0.1, 0.15) is 30.9 Å². The number of rotatable bonds is 6. The second kappa shape index (κ2) is 5.98. The maximum absolute atomic E-state index is 6.23. The summed E-state index contributed by atoms with van der Waals surface area (Å²) in [5.74, 6) is 0.958. The van der Waals surface area contributed by atoms with E-state index in [1.807, 2.05) is 12.1 Å². The number of benzene rings is 1. The molecule has 0 aliphatic heterocycles. The van der Waals surface area contributed by atoms with Gasteiger partial charge in [0.15, 0.2) is 0 Å². The molecule has 2 N–H and O–H groups in total. The van der Waals surface area contributed by atoms with Crippen molar-refractivity contribution in [3.63, 3.8) is 0 Å². The van der Waals surface area contributed by atoms with Crippen molar-refractivity contribution < 1.29 is 0 Å². The minimum Gasteiger partial charge on any atom is -0.324 e. The summed E-state index contributed by atoms with van der Waals surface area (Å²) in [6, 6.07) is 8.37. The summed E-state index contributed by atoms with van der Waals surface area (Å²) >= 11 is 3.56. The van der Waals surface area contributed by atoms with E-state index in [0.717, 1.165) is 23.4 Å². The van der Waals surface area contributed by atoms with Gasteiger partial charge < -0.3 is 10.6 Å². The van der Waals surface area contributed by atoms with Crippen LogP contribution >= 0.6 is 15.9 Å². The van der Waals surface area contributed by atoms with Crippen LogP contribution < -0.4 is 5.73 Å². The molecule has 1 saturated carbocycles. The third kappa shape index (κ3) is 4.09. The lowest BCUT2D eigenvalue weighted by atomic mass is 10.0. The highest BCUT2D eigenvalue weighted by Crippen LogP contribution is 2.29. The minimum atomic E-state index is 0.132. The van der Waals surface area contributed by atoms with Gasteiger partial charge in [0, 0.05) is 17.1 Å². The standard InChI is InChI=1S/C14H21BrN2/c1-17(10-11-6-7-11)9-8-14(16)12-4-2-3-5-13(12)15/h2-5,11,14H,6-10,16H2,1H3. The van der Waals surface area contributed by atoms with Crippen LogP contribution in [0.25, 0.3) is 0 Å². The van der Waals surface area contributed by atoms with Crippen molar-refractivity contribution in [1.29, 1.82) is 0 Å². The molecule has 1 aromatic rings. The van der Waals surface area contributed by atoms with Gasteiger partial charge in [0.25, 0.3) is 0 Å². The molecule has 3 heteroatoms. The average molecular weight is 297 g/mol. The quantitative estimate of drug-likeness (QED) is 0.874. The predicted octanol–water partition coefficient (Wildman–Crippen LogP) is 3.18. The van der Waals surface area contributed by atoms with E-state index < -0.39 is 0 Å². The van der Waals surface area contributed by atoms with Crippen LogP contribution in [0, 0.1) is 5.92 Å². The highest BCUT2D eigenvalue weighted by atomic mass is 79.9. The minimum absolute atomic E-state index is 0.132. The predicted molar refractivity (Wildman–Crippen MR) is 75.9 cm³/mol. The van der Waals surface area contributed by atoms with Gasteiger partial charge in [0.1, 0.15) is 0 Å². The Hall–Kier alpha value is -0.380. The molecule has 1 fully saturated rings. The lowest BCUT2D eigenvalue weighted by Crippen LogP contribution is -2.25. The van der Waals surface area contributed by atoms with Gasteiger partial charge in [-0.3, -0.25) is 0 Å². The summed E-state index contributed by atoms with van der Waals surface area (Å²) in [6.45, 7) is 2.32. The Morgan fingerprint density at radius 3 is 2.76 bits per heavy atom. The Bertz CT molecular complexity index is 363. The van der Waals surface area contributed by atoms with Crippen LogP contribution in [-0.4, -0.2) is 25.0 Å². The highest BCUT2D eigenvalue weighted by molar-refractivity contribution is 9.10. The SMILES string of the molecule is CN(CCC(N)c1ccccc1Br)CC1CC1. The molecular weight excluding hydrogens is 276 g/mol. The van der Waals surface area contributed by atoms with E-state index in [2.05, 4.69) is 40.0 Å². The summed E-state index contributed by atoms with van der Waals surface area (Å²) in [6.07, 6.45) is 3.85. The number of hydrogen-bond donors (Lipinski definition) is 1. The summed E-state index contributed by atoms with van der Waals surface area (Å²) in [5.41, 5.74) is 7.45. The Kier molecular flexibility index (Phi) is 4.60. The van der Waals surface area contributed by atoms with Gasteiger partial charge in [-0.05, 0) is 50.4 Å². The van der Waals surface area contributed by atoms with E-state index in [4.69, 9.17) is 5.73 Å². The van der Waals surface area contributed by atoms with Gasteiger partial charge in [-0.2, -0.15) is 0 Å². The lowest BCUT2D eigenvalue weighted by molar-refractivity contribution is 0.306. The Morgan fingerprint density at radius 2 is 2.12 bits per heavy atom. The van der Waals surface area contributed by atoms with Crippen molar-refractivity contribution in [2.24, 2.45) is 11.7 Å². The zero-order chi connectivity index (χ0) is 12.3. The van der Waals surface area contributed by atoms with Crippen LogP contribution in [0.15, 0.2) is 28.7 Å². The molecule has 1 aromatic carbocycles. The maximum atomic E-state index is 6.23. The first-order valence-electron chi connectivity index (χ1n) is 6.35. The summed E-state index contributed by atoms with van der Waals surface area (Å²) in [7, 11) is 2.20.